The van der Waals surface area contributed by atoms with E-state index in [9.17, 15) is 14.0 Å². The molecule has 1 saturated carbocycles. The summed E-state index contributed by atoms with van der Waals surface area (Å²) in [6.45, 7) is 2.54. The van der Waals surface area contributed by atoms with Gasteiger partial charge in [-0.3, -0.25) is 19.6 Å². The molecule has 13 heteroatoms. The first-order chi connectivity index (χ1) is 19.4. The standard InChI is InChI=1S/C30H32FN7O2.CH4.3H2S/c1-19(30(40)35-28-16-26(36-37-28)20-7-8-20)21-4-2-5-22(14-21)23-9-10-27(33-17-23)34-29(39)6-3-13-38-18-24(31)15-25(38)11-12-32;;;;/h2-6,9-10,14,16-17,19-20,24-25H,7-8,11,13,15,18H2,1H3,(H,33,34,39)(H2,35,36,37,40);1H4;3*1H2/b6-3+;;;;/t19-,24-,25-;;;;/m0..../s1. The molecule has 1 aromatic carbocycles. The quantitative estimate of drug-likeness (QED) is 0.233. The van der Waals surface area contributed by atoms with E-state index in [1.165, 1.54) is 6.08 Å². The summed E-state index contributed by atoms with van der Waals surface area (Å²) in [6, 6.07) is 15.2. The first kappa shape index (κ1) is 38.7. The predicted molar refractivity (Wildman–Crippen MR) is 188 cm³/mol. The van der Waals surface area contributed by atoms with E-state index in [4.69, 9.17) is 5.26 Å². The Morgan fingerprint density at radius 1 is 1.14 bits per heavy atom. The third-order valence-corrected chi connectivity index (χ3v) is 7.41. The van der Waals surface area contributed by atoms with Crippen molar-refractivity contribution in [3.05, 3.63) is 72.1 Å². The number of H-pyrrole nitrogens is 1. The van der Waals surface area contributed by atoms with Crippen molar-refractivity contribution in [1.82, 2.24) is 20.1 Å². The maximum atomic E-state index is 13.7. The molecule has 2 amide bonds. The molecule has 9 nitrogen and oxygen atoms in total. The number of pyridine rings is 1. The second kappa shape index (κ2) is 17.9. The Bertz CT molecular complexity index is 1440. The van der Waals surface area contributed by atoms with Crippen molar-refractivity contribution in [3.8, 4) is 17.2 Å². The van der Waals surface area contributed by atoms with Crippen molar-refractivity contribution in [3.63, 3.8) is 0 Å². The second-order valence-corrected chi connectivity index (χ2v) is 10.4. The van der Waals surface area contributed by atoms with E-state index in [-0.39, 0.29) is 84.7 Å². The van der Waals surface area contributed by atoms with Gasteiger partial charge in [0.1, 0.15) is 12.0 Å². The van der Waals surface area contributed by atoms with Gasteiger partial charge in [0.2, 0.25) is 11.8 Å². The first-order valence-corrected chi connectivity index (χ1v) is 13.5. The fraction of sp³-hybridized carbons (Fsp3) is 0.387. The summed E-state index contributed by atoms with van der Waals surface area (Å²) in [5.41, 5.74) is 3.69. The van der Waals surface area contributed by atoms with Gasteiger partial charge < -0.3 is 10.6 Å². The van der Waals surface area contributed by atoms with Crippen LogP contribution in [-0.2, 0) is 9.59 Å². The van der Waals surface area contributed by atoms with E-state index in [1.54, 1.807) is 18.3 Å². The number of amides is 2. The smallest absolute Gasteiger partial charge is 0.249 e. The van der Waals surface area contributed by atoms with Gasteiger partial charge >= 0.3 is 0 Å². The number of carbonyl (C=O) groups excluding carboxylic acids is 2. The van der Waals surface area contributed by atoms with Gasteiger partial charge in [0.15, 0.2) is 5.82 Å². The molecule has 3 heterocycles. The number of likely N-dealkylation sites (tertiary alicyclic amines) is 1. The second-order valence-electron chi connectivity index (χ2n) is 10.4. The average Bonchev–Trinajstić information content (AvgIpc) is 3.60. The van der Waals surface area contributed by atoms with E-state index in [1.807, 2.05) is 48.2 Å². The van der Waals surface area contributed by atoms with Gasteiger partial charge in [0.25, 0.3) is 0 Å². The molecular formula is C31H42FN7O2S3. The molecule has 3 N–H and O–H groups in total. The van der Waals surface area contributed by atoms with Gasteiger partial charge in [-0.2, -0.15) is 50.8 Å². The average molecular weight is 660 g/mol. The Morgan fingerprint density at radius 3 is 2.59 bits per heavy atom. The van der Waals surface area contributed by atoms with Crippen LogP contribution in [0.1, 0.15) is 63.1 Å². The van der Waals surface area contributed by atoms with Crippen LogP contribution in [0, 0.1) is 11.3 Å². The molecule has 2 aromatic heterocycles. The predicted octanol–water partition coefficient (Wildman–Crippen LogP) is 5.89. The minimum absolute atomic E-state index is 0. The Hall–Kier alpha value is -3.31. The number of nitrogens with one attached hydrogen (secondary N) is 3. The Balaban J connectivity index is 0.00000242. The summed E-state index contributed by atoms with van der Waals surface area (Å²) in [4.78, 5) is 31.4. The van der Waals surface area contributed by atoms with Crippen LogP contribution in [0.3, 0.4) is 0 Å². The van der Waals surface area contributed by atoms with E-state index in [0.29, 0.717) is 30.5 Å². The molecule has 0 unspecified atom stereocenters. The minimum atomic E-state index is -0.939. The number of aromatic nitrogens is 3. The zero-order valence-corrected chi connectivity index (χ0v) is 26.8. The number of nitrogens with zero attached hydrogens (tertiary/aromatic N) is 4. The van der Waals surface area contributed by atoms with E-state index >= 15 is 0 Å². The summed E-state index contributed by atoms with van der Waals surface area (Å²) in [5, 5.41) is 21.8. The highest BCUT2D eigenvalue weighted by Crippen LogP contribution is 2.39. The van der Waals surface area contributed by atoms with Crippen LogP contribution in [0.2, 0.25) is 0 Å². The normalized spacial score (nSPS) is 18.0. The van der Waals surface area contributed by atoms with Crippen LogP contribution in [0.15, 0.2) is 60.8 Å². The van der Waals surface area contributed by atoms with Crippen molar-refractivity contribution >= 4 is 63.9 Å². The number of nitriles is 1. The van der Waals surface area contributed by atoms with Crippen LogP contribution in [-0.4, -0.2) is 57.2 Å². The largest absolute Gasteiger partial charge is 0.309 e. The van der Waals surface area contributed by atoms with Crippen LogP contribution in [0.25, 0.3) is 11.1 Å². The lowest BCUT2D eigenvalue weighted by Gasteiger charge is -2.19. The molecule has 3 aromatic rings. The minimum Gasteiger partial charge on any atom is -0.309 e. The van der Waals surface area contributed by atoms with E-state index < -0.39 is 6.17 Å². The Kier molecular flexibility index (Phi) is 15.7. The number of anilines is 2. The number of carbonyl (C=O) groups is 2. The monoisotopic (exact) mass is 659 g/mol. The fourth-order valence-corrected chi connectivity index (χ4v) is 4.94. The molecule has 1 saturated heterocycles. The van der Waals surface area contributed by atoms with Gasteiger partial charge in [0, 0.05) is 54.6 Å². The lowest BCUT2D eigenvalue weighted by molar-refractivity contribution is -0.117. The molecule has 0 radical (unpaired) electrons. The number of halogens is 1. The third kappa shape index (κ3) is 10.1. The van der Waals surface area contributed by atoms with E-state index in [0.717, 1.165) is 35.2 Å². The van der Waals surface area contributed by atoms with Gasteiger partial charge in [-0.05, 0) is 49.4 Å². The van der Waals surface area contributed by atoms with Crippen molar-refractivity contribution in [1.29, 1.82) is 5.26 Å². The maximum Gasteiger partial charge on any atom is 0.249 e. The van der Waals surface area contributed by atoms with Gasteiger partial charge in [-0.25, -0.2) is 9.37 Å². The van der Waals surface area contributed by atoms with E-state index in [2.05, 4.69) is 31.9 Å². The lowest BCUT2D eigenvalue weighted by atomic mass is 9.96. The fourth-order valence-electron chi connectivity index (χ4n) is 4.94. The number of hydrogen-bond donors (Lipinski definition) is 3. The number of hydrogen-bond acceptors (Lipinski definition) is 6. The molecule has 3 atom stereocenters. The van der Waals surface area contributed by atoms with Gasteiger partial charge in [0.05, 0.1) is 18.4 Å². The first-order valence-electron chi connectivity index (χ1n) is 13.5. The van der Waals surface area contributed by atoms with Crippen molar-refractivity contribution in [2.24, 2.45) is 0 Å². The summed E-state index contributed by atoms with van der Waals surface area (Å²) < 4.78 is 13.7. The van der Waals surface area contributed by atoms with Crippen molar-refractivity contribution in [2.45, 2.75) is 64.1 Å². The van der Waals surface area contributed by atoms with Crippen LogP contribution in [0.5, 0.6) is 0 Å². The Morgan fingerprint density at radius 2 is 1.91 bits per heavy atom. The molecule has 2 fully saturated rings. The number of rotatable bonds is 10. The van der Waals surface area contributed by atoms with Gasteiger partial charge in [-0.1, -0.05) is 37.8 Å². The lowest BCUT2D eigenvalue weighted by Crippen LogP contribution is -2.29. The third-order valence-electron chi connectivity index (χ3n) is 7.41. The molecule has 1 aliphatic carbocycles. The summed E-state index contributed by atoms with van der Waals surface area (Å²) >= 11 is 0. The van der Waals surface area contributed by atoms with Crippen molar-refractivity contribution in [2.75, 3.05) is 23.7 Å². The SMILES string of the molecule is C.C[C@H](C(=O)Nc1cc(C2CC2)[nH]n1)c1cccc(-c2ccc(NC(=O)/C=C/CN3C[C@@H](F)C[C@@H]3CC#N)nc2)c1.S.S.S. The summed E-state index contributed by atoms with van der Waals surface area (Å²) in [7, 11) is 0. The summed E-state index contributed by atoms with van der Waals surface area (Å²) in [6.07, 6.45) is 6.75. The number of aromatic amines is 1. The van der Waals surface area contributed by atoms with Crippen molar-refractivity contribution < 1.29 is 14.0 Å². The zero-order chi connectivity index (χ0) is 28.1. The van der Waals surface area contributed by atoms with Crippen LogP contribution < -0.4 is 10.6 Å². The zero-order valence-electron chi connectivity index (χ0n) is 23.8. The molecule has 44 heavy (non-hydrogen) atoms. The number of benzene rings is 1. The molecule has 1 aliphatic heterocycles. The molecule has 238 valence electrons. The summed E-state index contributed by atoms with van der Waals surface area (Å²) in [5.74, 6) is 0.623. The highest BCUT2D eigenvalue weighted by molar-refractivity contribution is 7.59. The van der Waals surface area contributed by atoms with Gasteiger partial charge in [-0.15, -0.1) is 0 Å². The Labute approximate surface area is 279 Å². The number of alkyl halides is 1. The highest BCUT2D eigenvalue weighted by Gasteiger charge is 2.31. The van der Waals surface area contributed by atoms with Crippen LogP contribution >= 0.6 is 40.5 Å². The highest BCUT2D eigenvalue weighted by atomic mass is 32.1. The molecule has 0 bridgehead atoms. The topological polar surface area (TPSA) is 127 Å². The van der Waals surface area contributed by atoms with Crippen LogP contribution in [0.4, 0.5) is 16.0 Å². The molecule has 0 spiro atoms. The molecule has 2 aliphatic rings. The molecule has 5 rings (SSSR count). The maximum absolute atomic E-state index is 13.7. The molecular weight excluding hydrogens is 618 g/mol.